The summed E-state index contributed by atoms with van der Waals surface area (Å²) in [4.78, 5) is 23.2. The molecule has 0 fully saturated rings. The topological polar surface area (TPSA) is 92.3 Å². The normalized spacial score (nSPS) is 11.0. The number of ketones is 1. The maximum Gasteiger partial charge on any atom is 0.261 e. The highest BCUT2D eigenvalue weighted by atomic mass is 32.2. The van der Waals surface area contributed by atoms with Gasteiger partial charge in [-0.25, -0.2) is 17.2 Å². The Balaban J connectivity index is 1.79. The number of amides is 1. The lowest BCUT2D eigenvalue weighted by Crippen LogP contribution is -2.15. The van der Waals surface area contributed by atoms with Gasteiger partial charge >= 0.3 is 0 Å². The molecule has 3 aromatic rings. The van der Waals surface area contributed by atoms with Crippen molar-refractivity contribution < 1.29 is 26.8 Å². The fourth-order valence-corrected chi connectivity index (χ4v) is 3.64. The van der Waals surface area contributed by atoms with E-state index in [-0.39, 0.29) is 27.6 Å². The van der Waals surface area contributed by atoms with Crippen LogP contribution in [0.25, 0.3) is 0 Å². The number of carbonyl (C=O) groups is 2. The molecular weight excluding hydrogens is 414 g/mol. The van der Waals surface area contributed by atoms with Crippen LogP contribution in [-0.4, -0.2) is 20.1 Å². The van der Waals surface area contributed by atoms with Crippen molar-refractivity contribution in [1.82, 2.24) is 0 Å². The van der Waals surface area contributed by atoms with Crippen LogP contribution in [0.4, 0.5) is 20.2 Å². The van der Waals surface area contributed by atoms with Crippen molar-refractivity contribution in [2.75, 3.05) is 10.0 Å². The molecule has 0 heterocycles. The van der Waals surface area contributed by atoms with Crippen LogP contribution in [0.1, 0.15) is 27.6 Å². The fraction of sp³-hybridized carbons (Fsp3) is 0.0476. The van der Waals surface area contributed by atoms with E-state index >= 15 is 0 Å². The molecule has 30 heavy (non-hydrogen) atoms. The SMILES string of the molecule is CC(=O)c1cccc(NS(=O)(=O)c2ccc(NC(=O)c3ccc(F)cc3)c(F)c2)c1. The van der Waals surface area contributed by atoms with E-state index in [1.807, 2.05) is 0 Å². The molecule has 0 bridgehead atoms. The molecule has 3 rings (SSSR count). The highest BCUT2D eigenvalue weighted by Crippen LogP contribution is 2.22. The number of hydrogen-bond donors (Lipinski definition) is 2. The van der Waals surface area contributed by atoms with E-state index in [1.165, 1.54) is 37.3 Å². The van der Waals surface area contributed by atoms with E-state index < -0.39 is 27.6 Å². The number of anilines is 2. The minimum Gasteiger partial charge on any atom is -0.319 e. The van der Waals surface area contributed by atoms with Crippen LogP contribution in [0.15, 0.2) is 71.6 Å². The summed E-state index contributed by atoms with van der Waals surface area (Å²) in [6.45, 7) is 1.35. The first kappa shape index (κ1) is 21.1. The summed E-state index contributed by atoms with van der Waals surface area (Å²) in [5, 5.41) is 2.31. The standard InChI is InChI=1S/C21H16F2N2O4S/c1-13(26)15-3-2-4-17(11-15)25-30(28,29)18-9-10-20(19(23)12-18)24-21(27)14-5-7-16(22)8-6-14/h2-12,25H,1H3,(H,24,27). The smallest absolute Gasteiger partial charge is 0.261 e. The Bertz CT molecular complexity index is 1230. The highest BCUT2D eigenvalue weighted by Gasteiger charge is 2.18. The number of benzene rings is 3. The van der Waals surface area contributed by atoms with E-state index in [0.717, 1.165) is 30.3 Å². The van der Waals surface area contributed by atoms with Gasteiger partial charge in [-0.2, -0.15) is 0 Å². The molecule has 0 aliphatic heterocycles. The third-order valence-electron chi connectivity index (χ3n) is 4.13. The van der Waals surface area contributed by atoms with Gasteiger partial charge in [0, 0.05) is 16.8 Å². The van der Waals surface area contributed by atoms with Crippen LogP contribution in [0.3, 0.4) is 0 Å². The Morgan fingerprint density at radius 1 is 0.867 bits per heavy atom. The van der Waals surface area contributed by atoms with Crippen molar-refractivity contribution in [3.05, 3.63) is 89.5 Å². The van der Waals surface area contributed by atoms with E-state index in [9.17, 15) is 26.8 Å². The van der Waals surface area contributed by atoms with Crippen LogP contribution in [-0.2, 0) is 10.0 Å². The minimum absolute atomic E-state index is 0.111. The monoisotopic (exact) mass is 430 g/mol. The van der Waals surface area contributed by atoms with Crippen molar-refractivity contribution in [2.45, 2.75) is 11.8 Å². The van der Waals surface area contributed by atoms with Gasteiger partial charge in [-0.15, -0.1) is 0 Å². The van der Waals surface area contributed by atoms with Crippen molar-refractivity contribution in [3.63, 3.8) is 0 Å². The van der Waals surface area contributed by atoms with Gasteiger partial charge in [-0.05, 0) is 61.5 Å². The number of halogens is 2. The third-order valence-corrected chi connectivity index (χ3v) is 5.51. The van der Waals surface area contributed by atoms with Crippen molar-refractivity contribution >= 4 is 33.1 Å². The van der Waals surface area contributed by atoms with E-state index in [4.69, 9.17) is 0 Å². The van der Waals surface area contributed by atoms with Crippen LogP contribution in [0.2, 0.25) is 0 Å². The highest BCUT2D eigenvalue weighted by molar-refractivity contribution is 7.92. The first-order valence-electron chi connectivity index (χ1n) is 8.66. The summed E-state index contributed by atoms with van der Waals surface area (Å²) in [5.74, 6) is -2.40. The number of rotatable bonds is 6. The second-order valence-corrected chi connectivity index (χ2v) is 8.03. The summed E-state index contributed by atoms with van der Waals surface area (Å²) in [6.07, 6.45) is 0. The van der Waals surface area contributed by atoms with E-state index in [1.54, 1.807) is 6.07 Å². The van der Waals surface area contributed by atoms with Gasteiger partial charge < -0.3 is 5.32 Å². The summed E-state index contributed by atoms with van der Waals surface area (Å²) >= 11 is 0. The largest absolute Gasteiger partial charge is 0.319 e. The average molecular weight is 430 g/mol. The summed E-state index contributed by atoms with van der Waals surface area (Å²) in [5.41, 5.74) is 0.346. The zero-order valence-electron chi connectivity index (χ0n) is 15.6. The molecule has 0 aliphatic rings. The molecule has 3 aromatic carbocycles. The Morgan fingerprint density at radius 2 is 1.57 bits per heavy atom. The molecule has 0 radical (unpaired) electrons. The van der Waals surface area contributed by atoms with Gasteiger partial charge in [-0.3, -0.25) is 14.3 Å². The van der Waals surface area contributed by atoms with Crippen molar-refractivity contribution in [2.24, 2.45) is 0 Å². The molecule has 0 aromatic heterocycles. The predicted molar refractivity (Wildman–Crippen MR) is 108 cm³/mol. The van der Waals surface area contributed by atoms with Crippen LogP contribution in [0.5, 0.6) is 0 Å². The van der Waals surface area contributed by atoms with Crippen molar-refractivity contribution in [1.29, 1.82) is 0 Å². The number of nitrogens with one attached hydrogen (secondary N) is 2. The zero-order chi connectivity index (χ0) is 21.9. The fourth-order valence-electron chi connectivity index (χ4n) is 2.58. The Morgan fingerprint density at radius 3 is 2.20 bits per heavy atom. The molecule has 9 heteroatoms. The molecular formula is C21H16F2N2O4S. The summed E-state index contributed by atoms with van der Waals surface area (Å²) in [6, 6.07) is 13.5. The Hall–Kier alpha value is -3.59. The summed E-state index contributed by atoms with van der Waals surface area (Å²) < 4.78 is 54.7. The molecule has 6 nitrogen and oxygen atoms in total. The Kier molecular flexibility index (Phi) is 5.93. The third kappa shape index (κ3) is 4.87. The molecule has 0 saturated carbocycles. The molecule has 1 amide bonds. The second-order valence-electron chi connectivity index (χ2n) is 6.35. The van der Waals surface area contributed by atoms with E-state index in [0.29, 0.717) is 5.56 Å². The van der Waals surface area contributed by atoms with Crippen LogP contribution in [0, 0.1) is 11.6 Å². The maximum absolute atomic E-state index is 14.4. The van der Waals surface area contributed by atoms with Gasteiger partial charge in [0.2, 0.25) is 0 Å². The number of Topliss-reactive ketones (excluding diaryl/α,β-unsaturated/α-hetero) is 1. The van der Waals surface area contributed by atoms with Gasteiger partial charge in [0.1, 0.15) is 11.6 Å². The molecule has 154 valence electrons. The van der Waals surface area contributed by atoms with Gasteiger partial charge in [-0.1, -0.05) is 12.1 Å². The lowest BCUT2D eigenvalue weighted by Gasteiger charge is -2.11. The van der Waals surface area contributed by atoms with E-state index in [2.05, 4.69) is 10.0 Å². The van der Waals surface area contributed by atoms with Crippen LogP contribution >= 0.6 is 0 Å². The molecule has 0 atom stereocenters. The average Bonchev–Trinajstić information content (AvgIpc) is 2.69. The molecule has 0 saturated heterocycles. The van der Waals surface area contributed by atoms with Gasteiger partial charge in [0.05, 0.1) is 10.6 Å². The lowest BCUT2D eigenvalue weighted by atomic mass is 10.1. The zero-order valence-corrected chi connectivity index (χ0v) is 16.5. The number of hydrogen-bond acceptors (Lipinski definition) is 4. The quantitative estimate of drug-likeness (QED) is 0.573. The predicted octanol–water partition coefficient (Wildman–Crippen LogP) is 4.22. The van der Waals surface area contributed by atoms with Crippen molar-refractivity contribution in [3.8, 4) is 0 Å². The Labute approximate surface area is 171 Å². The summed E-state index contributed by atoms with van der Waals surface area (Å²) in [7, 11) is -4.14. The maximum atomic E-state index is 14.4. The first-order valence-corrected chi connectivity index (χ1v) is 10.1. The number of sulfonamides is 1. The molecule has 0 aliphatic carbocycles. The first-order chi connectivity index (χ1) is 14.2. The van der Waals surface area contributed by atoms with Crippen LogP contribution < -0.4 is 10.0 Å². The molecule has 0 spiro atoms. The van der Waals surface area contributed by atoms with Gasteiger partial charge in [0.15, 0.2) is 5.78 Å². The minimum atomic E-state index is -4.14. The molecule has 0 unspecified atom stereocenters. The number of carbonyl (C=O) groups excluding carboxylic acids is 2. The molecule has 2 N–H and O–H groups in total. The second kappa shape index (κ2) is 8.42. The lowest BCUT2D eigenvalue weighted by molar-refractivity contribution is 0.101. The van der Waals surface area contributed by atoms with Gasteiger partial charge in [0.25, 0.3) is 15.9 Å².